The number of hydrogen-bond donors (Lipinski definition) is 2. The van der Waals surface area contributed by atoms with E-state index in [9.17, 15) is 19.7 Å². The average molecular weight is 414 g/mol. The molecule has 10 heteroatoms. The lowest BCUT2D eigenvalue weighted by molar-refractivity contribution is -0.385. The van der Waals surface area contributed by atoms with E-state index in [4.69, 9.17) is 9.47 Å². The number of urea groups is 1. The lowest BCUT2D eigenvalue weighted by Crippen LogP contribution is -2.51. The Bertz CT molecular complexity index is 723. The van der Waals surface area contributed by atoms with Crippen LogP contribution in [0.3, 0.4) is 0 Å². The second-order valence-electron chi connectivity index (χ2n) is 5.21. The van der Waals surface area contributed by atoms with Gasteiger partial charge in [-0.1, -0.05) is 12.6 Å². The van der Waals surface area contributed by atoms with Gasteiger partial charge in [-0.2, -0.15) is 0 Å². The number of hydrogen-bond acceptors (Lipinski definition) is 6. The minimum absolute atomic E-state index is 0.0419. The molecule has 1 aromatic rings. The Morgan fingerprint density at radius 1 is 1.44 bits per heavy atom. The van der Waals surface area contributed by atoms with E-state index >= 15 is 0 Å². The number of nitrogens with one attached hydrogen (secondary N) is 2. The van der Waals surface area contributed by atoms with Crippen LogP contribution in [0.2, 0.25) is 0 Å². The number of nitro groups is 1. The predicted octanol–water partition coefficient (Wildman–Crippen LogP) is 2.03. The van der Waals surface area contributed by atoms with E-state index in [1.807, 2.05) is 0 Å². The van der Waals surface area contributed by atoms with E-state index in [0.717, 1.165) is 0 Å². The van der Waals surface area contributed by atoms with Gasteiger partial charge in [0, 0.05) is 18.9 Å². The molecular formula is C15H16BrN3O6. The molecule has 2 N–H and O–H groups in total. The third-order valence-electron chi connectivity index (χ3n) is 3.58. The fourth-order valence-corrected chi connectivity index (χ4v) is 2.81. The van der Waals surface area contributed by atoms with Crippen molar-refractivity contribution in [2.45, 2.75) is 6.04 Å². The van der Waals surface area contributed by atoms with Gasteiger partial charge in [-0.25, -0.2) is 4.79 Å². The summed E-state index contributed by atoms with van der Waals surface area (Å²) in [6.45, 7) is 3.96. The number of halogens is 1. The van der Waals surface area contributed by atoms with E-state index in [1.165, 1.54) is 19.2 Å². The van der Waals surface area contributed by atoms with Gasteiger partial charge in [0.05, 0.1) is 22.0 Å². The van der Waals surface area contributed by atoms with Gasteiger partial charge in [0.2, 0.25) is 0 Å². The third-order valence-corrected chi connectivity index (χ3v) is 4.25. The van der Waals surface area contributed by atoms with Gasteiger partial charge in [-0.05, 0) is 27.6 Å². The largest absolute Gasteiger partial charge is 0.463 e. The number of nitro benzene ring substituents is 1. The first kappa shape index (κ1) is 18.9. The summed E-state index contributed by atoms with van der Waals surface area (Å²) in [6, 6.07) is 2.96. The molecule has 2 amide bonds. The van der Waals surface area contributed by atoms with Crippen molar-refractivity contribution in [3.63, 3.8) is 0 Å². The van der Waals surface area contributed by atoms with Gasteiger partial charge in [-0.15, -0.1) is 0 Å². The third kappa shape index (κ3) is 4.34. The van der Waals surface area contributed by atoms with Crippen LogP contribution in [0.5, 0.6) is 0 Å². The quantitative estimate of drug-likeness (QED) is 0.318. The van der Waals surface area contributed by atoms with E-state index in [0.29, 0.717) is 10.0 Å². The van der Waals surface area contributed by atoms with Crippen LogP contribution in [0.1, 0.15) is 11.6 Å². The fourth-order valence-electron chi connectivity index (χ4n) is 2.42. The monoisotopic (exact) mass is 413 g/mol. The molecule has 2 rings (SSSR count). The summed E-state index contributed by atoms with van der Waals surface area (Å²) >= 11 is 3.10. The first-order valence-electron chi connectivity index (χ1n) is 7.21. The maximum absolute atomic E-state index is 12.4. The minimum atomic E-state index is -0.935. The van der Waals surface area contributed by atoms with Crippen LogP contribution in [-0.2, 0) is 14.3 Å². The van der Waals surface area contributed by atoms with Crippen molar-refractivity contribution < 1.29 is 24.0 Å². The summed E-state index contributed by atoms with van der Waals surface area (Å²) in [5.74, 6) is -1.56. The molecule has 2 atom stereocenters. The van der Waals surface area contributed by atoms with Crippen LogP contribution in [0.15, 0.2) is 34.9 Å². The molecule has 0 aromatic heterocycles. The van der Waals surface area contributed by atoms with Crippen LogP contribution in [0, 0.1) is 16.0 Å². The average Bonchev–Trinajstić information content (AvgIpc) is 2.54. The lowest BCUT2D eigenvalue weighted by Gasteiger charge is -2.33. The zero-order valence-electron chi connectivity index (χ0n) is 13.3. The number of esters is 1. The Labute approximate surface area is 151 Å². The van der Waals surface area contributed by atoms with Crippen molar-refractivity contribution in [1.82, 2.24) is 10.6 Å². The summed E-state index contributed by atoms with van der Waals surface area (Å²) in [4.78, 5) is 34.7. The SMILES string of the molecule is C=C1NC(=O)N[C@@H](c2ccc(Br)c([N+](=O)[O-])c2)[C@@H]1C(=O)OCCOC. The van der Waals surface area contributed by atoms with Crippen molar-refractivity contribution >= 4 is 33.6 Å². The Hall–Kier alpha value is -2.46. The molecule has 0 bridgehead atoms. The second-order valence-corrected chi connectivity index (χ2v) is 6.06. The van der Waals surface area contributed by atoms with Crippen molar-refractivity contribution in [3.05, 3.63) is 50.6 Å². The highest BCUT2D eigenvalue weighted by Gasteiger charge is 2.39. The molecule has 1 aliphatic heterocycles. The van der Waals surface area contributed by atoms with Crippen molar-refractivity contribution in [2.75, 3.05) is 20.3 Å². The molecule has 1 fully saturated rings. The van der Waals surface area contributed by atoms with E-state index in [-0.39, 0.29) is 24.6 Å². The van der Waals surface area contributed by atoms with E-state index in [2.05, 4.69) is 33.1 Å². The van der Waals surface area contributed by atoms with Gasteiger partial charge in [0.25, 0.3) is 5.69 Å². The molecule has 1 aliphatic rings. The normalized spacial score (nSPS) is 19.8. The maximum Gasteiger partial charge on any atom is 0.319 e. The van der Waals surface area contributed by atoms with Gasteiger partial charge in [-0.3, -0.25) is 14.9 Å². The summed E-state index contributed by atoms with van der Waals surface area (Å²) in [5.41, 5.74) is 0.365. The predicted molar refractivity (Wildman–Crippen MR) is 90.7 cm³/mol. The number of carbonyl (C=O) groups is 2. The van der Waals surface area contributed by atoms with Crippen LogP contribution in [0.4, 0.5) is 10.5 Å². The smallest absolute Gasteiger partial charge is 0.319 e. The topological polar surface area (TPSA) is 120 Å². The molecule has 25 heavy (non-hydrogen) atoms. The molecule has 134 valence electrons. The second kappa shape index (κ2) is 8.08. The number of methoxy groups -OCH3 is 1. The minimum Gasteiger partial charge on any atom is -0.463 e. The molecule has 0 spiro atoms. The number of benzene rings is 1. The van der Waals surface area contributed by atoms with Gasteiger partial charge in [0.15, 0.2) is 0 Å². The Kier molecular flexibility index (Phi) is 6.10. The fraction of sp³-hybridized carbons (Fsp3) is 0.333. The zero-order chi connectivity index (χ0) is 18.6. The summed E-state index contributed by atoms with van der Waals surface area (Å²) in [5, 5.41) is 16.1. The summed E-state index contributed by atoms with van der Waals surface area (Å²) in [7, 11) is 1.47. The van der Waals surface area contributed by atoms with Crippen LogP contribution >= 0.6 is 15.9 Å². The number of rotatable bonds is 6. The number of amides is 2. The Morgan fingerprint density at radius 3 is 2.80 bits per heavy atom. The maximum atomic E-state index is 12.4. The first-order chi connectivity index (χ1) is 11.8. The van der Waals surface area contributed by atoms with Gasteiger partial charge in [0.1, 0.15) is 12.5 Å². The van der Waals surface area contributed by atoms with E-state index < -0.39 is 28.9 Å². The summed E-state index contributed by atoms with van der Waals surface area (Å²) in [6.07, 6.45) is 0. The molecule has 0 radical (unpaired) electrons. The van der Waals surface area contributed by atoms with Crippen LogP contribution in [-0.4, -0.2) is 37.2 Å². The number of ether oxygens (including phenoxy) is 2. The van der Waals surface area contributed by atoms with Crippen LogP contribution in [0.25, 0.3) is 0 Å². The molecule has 0 unspecified atom stereocenters. The molecule has 9 nitrogen and oxygen atoms in total. The standard InChI is InChI=1S/C15H16BrN3O6/c1-8-12(14(20)25-6-5-24-2)13(18-15(21)17-8)9-3-4-10(16)11(7-9)19(22)23/h3-4,7,12-13H,1,5-6H2,2H3,(H2,17,18,21)/t12-,13+/m1/s1. The number of carbonyl (C=O) groups excluding carboxylic acids is 2. The van der Waals surface area contributed by atoms with Crippen molar-refractivity contribution in [2.24, 2.45) is 5.92 Å². The molecule has 1 aromatic carbocycles. The molecule has 0 aliphatic carbocycles. The van der Waals surface area contributed by atoms with Gasteiger partial charge < -0.3 is 20.1 Å². The lowest BCUT2D eigenvalue weighted by atomic mass is 9.89. The highest BCUT2D eigenvalue weighted by molar-refractivity contribution is 9.10. The zero-order valence-corrected chi connectivity index (χ0v) is 14.9. The highest BCUT2D eigenvalue weighted by Crippen LogP contribution is 2.34. The molecule has 1 saturated heterocycles. The molecule has 1 heterocycles. The van der Waals surface area contributed by atoms with Crippen molar-refractivity contribution in [3.8, 4) is 0 Å². The van der Waals surface area contributed by atoms with E-state index in [1.54, 1.807) is 6.07 Å². The Balaban J connectivity index is 2.35. The highest BCUT2D eigenvalue weighted by atomic mass is 79.9. The first-order valence-corrected chi connectivity index (χ1v) is 8.00. The number of nitrogens with zero attached hydrogens (tertiary/aromatic N) is 1. The molecule has 0 saturated carbocycles. The van der Waals surface area contributed by atoms with Gasteiger partial charge >= 0.3 is 12.0 Å². The Morgan fingerprint density at radius 2 is 2.16 bits per heavy atom. The van der Waals surface area contributed by atoms with Crippen molar-refractivity contribution in [1.29, 1.82) is 0 Å². The van der Waals surface area contributed by atoms with Crippen LogP contribution < -0.4 is 10.6 Å². The molecular weight excluding hydrogens is 398 g/mol. The summed E-state index contributed by atoms with van der Waals surface area (Å²) < 4.78 is 10.2.